The Kier molecular flexibility index (Phi) is 8.52. The topological polar surface area (TPSA) is 108 Å². The number of nitrogens with one attached hydrogen (secondary N) is 3. The van der Waals surface area contributed by atoms with Crippen LogP contribution in [0.3, 0.4) is 0 Å². The molecule has 28 heavy (non-hydrogen) atoms. The van der Waals surface area contributed by atoms with Gasteiger partial charge in [0.25, 0.3) is 5.91 Å². The van der Waals surface area contributed by atoms with Crippen LogP contribution in [-0.2, 0) is 11.2 Å². The SMILES string of the molecule is O=C(O)CCC(Cc1ccccc1)NC(=O)NCCNC(=O)c1ccccc1. The van der Waals surface area contributed by atoms with E-state index in [1.165, 1.54) is 0 Å². The molecule has 2 aromatic rings. The molecule has 0 aliphatic heterocycles. The highest BCUT2D eigenvalue weighted by Crippen LogP contribution is 2.08. The van der Waals surface area contributed by atoms with E-state index in [1.807, 2.05) is 36.4 Å². The number of rotatable bonds is 10. The van der Waals surface area contributed by atoms with Crippen LogP contribution < -0.4 is 16.0 Å². The summed E-state index contributed by atoms with van der Waals surface area (Å²) < 4.78 is 0. The minimum absolute atomic E-state index is 0.0229. The van der Waals surface area contributed by atoms with Crippen molar-refractivity contribution >= 4 is 17.9 Å². The highest BCUT2D eigenvalue weighted by atomic mass is 16.4. The molecule has 7 nitrogen and oxygen atoms in total. The molecule has 0 aliphatic rings. The van der Waals surface area contributed by atoms with E-state index in [4.69, 9.17) is 5.11 Å². The maximum absolute atomic E-state index is 12.1. The maximum Gasteiger partial charge on any atom is 0.315 e. The number of hydrogen-bond donors (Lipinski definition) is 4. The molecule has 2 aromatic carbocycles. The molecule has 148 valence electrons. The van der Waals surface area contributed by atoms with Crippen molar-refractivity contribution < 1.29 is 19.5 Å². The van der Waals surface area contributed by atoms with Gasteiger partial charge in [-0.25, -0.2) is 4.79 Å². The molecule has 0 saturated carbocycles. The van der Waals surface area contributed by atoms with Crippen molar-refractivity contribution in [1.82, 2.24) is 16.0 Å². The van der Waals surface area contributed by atoms with Gasteiger partial charge in [0, 0.05) is 31.1 Å². The van der Waals surface area contributed by atoms with Crippen molar-refractivity contribution in [1.29, 1.82) is 0 Å². The molecule has 0 spiro atoms. The third-order valence-corrected chi connectivity index (χ3v) is 4.10. The summed E-state index contributed by atoms with van der Waals surface area (Å²) in [6.45, 7) is 0.557. The zero-order valence-electron chi connectivity index (χ0n) is 15.6. The fourth-order valence-corrected chi connectivity index (χ4v) is 2.70. The zero-order chi connectivity index (χ0) is 20.2. The van der Waals surface area contributed by atoms with Crippen molar-refractivity contribution in [3.05, 3.63) is 71.8 Å². The number of carbonyl (C=O) groups excluding carboxylic acids is 2. The molecule has 2 rings (SSSR count). The van der Waals surface area contributed by atoms with Gasteiger partial charge in [-0.15, -0.1) is 0 Å². The van der Waals surface area contributed by atoms with Gasteiger partial charge >= 0.3 is 12.0 Å². The third-order valence-electron chi connectivity index (χ3n) is 4.10. The van der Waals surface area contributed by atoms with Gasteiger partial charge in [-0.05, 0) is 30.5 Å². The van der Waals surface area contributed by atoms with E-state index in [2.05, 4.69) is 16.0 Å². The molecular formula is C21H25N3O4. The first-order valence-electron chi connectivity index (χ1n) is 9.18. The Balaban J connectivity index is 1.75. The van der Waals surface area contributed by atoms with Crippen molar-refractivity contribution in [2.24, 2.45) is 0 Å². The van der Waals surface area contributed by atoms with Crippen LogP contribution in [0.15, 0.2) is 60.7 Å². The molecule has 0 saturated heterocycles. The molecule has 0 fully saturated rings. The van der Waals surface area contributed by atoms with Gasteiger partial charge in [0.15, 0.2) is 0 Å². The molecular weight excluding hydrogens is 358 g/mol. The Morgan fingerprint density at radius 2 is 1.46 bits per heavy atom. The first-order valence-corrected chi connectivity index (χ1v) is 9.18. The highest BCUT2D eigenvalue weighted by molar-refractivity contribution is 5.94. The number of amides is 3. The lowest BCUT2D eigenvalue weighted by atomic mass is 10.0. The first-order chi connectivity index (χ1) is 13.5. The fourth-order valence-electron chi connectivity index (χ4n) is 2.70. The van der Waals surface area contributed by atoms with Gasteiger partial charge in [-0.3, -0.25) is 9.59 Å². The van der Waals surface area contributed by atoms with E-state index in [1.54, 1.807) is 24.3 Å². The second-order valence-electron chi connectivity index (χ2n) is 6.34. The molecule has 0 aromatic heterocycles. The second-order valence-corrected chi connectivity index (χ2v) is 6.34. The smallest absolute Gasteiger partial charge is 0.315 e. The minimum atomic E-state index is -0.899. The monoisotopic (exact) mass is 383 g/mol. The third kappa shape index (κ3) is 7.90. The van der Waals surface area contributed by atoms with Crippen LogP contribution in [0.1, 0.15) is 28.8 Å². The number of carboxylic acids is 1. The standard InChI is InChI=1S/C21H25N3O4/c25-19(26)12-11-18(15-16-7-3-1-4-8-16)24-21(28)23-14-13-22-20(27)17-9-5-2-6-10-17/h1-10,18H,11-15H2,(H,22,27)(H,25,26)(H2,23,24,28). The lowest BCUT2D eigenvalue weighted by molar-refractivity contribution is -0.137. The zero-order valence-corrected chi connectivity index (χ0v) is 15.6. The Morgan fingerprint density at radius 3 is 2.11 bits per heavy atom. The van der Waals surface area contributed by atoms with Crippen LogP contribution in [0.25, 0.3) is 0 Å². The van der Waals surface area contributed by atoms with Crippen LogP contribution in [-0.4, -0.2) is 42.1 Å². The summed E-state index contributed by atoms with van der Waals surface area (Å²) in [4.78, 5) is 34.9. The largest absolute Gasteiger partial charge is 0.481 e. The van der Waals surface area contributed by atoms with Crippen LogP contribution in [0.2, 0.25) is 0 Å². The van der Waals surface area contributed by atoms with Gasteiger partial charge in [0.1, 0.15) is 0 Å². The highest BCUT2D eigenvalue weighted by Gasteiger charge is 2.14. The van der Waals surface area contributed by atoms with Gasteiger partial charge < -0.3 is 21.1 Å². The predicted octanol–water partition coefficient (Wildman–Crippen LogP) is 2.19. The molecule has 0 radical (unpaired) electrons. The normalized spacial score (nSPS) is 11.3. The van der Waals surface area contributed by atoms with E-state index in [0.717, 1.165) is 5.56 Å². The lowest BCUT2D eigenvalue weighted by Gasteiger charge is -2.19. The number of benzene rings is 2. The number of carbonyl (C=O) groups is 3. The summed E-state index contributed by atoms with van der Waals surface area (Å²) in [6, 6.07) is 17.7. The predicted molar refractivity (Wildman–Crippen MR) is 106 cm³/mol. The number of carboxylic acid groups (broad SMARTS) is 1. The molecule has 3 amide bonds. The van der Waals surface area contributed by atoms with E-state index >= 15 is 0 Å². The molecule has 1 unspecified atom stereocenters. The molecule has 0 heterocycles. The Labute approximate surface area is 164 Å². The molecule has 0 bridgehead atoms. The van der Waals surface area contributed by atoms with Gasteiger partial charge in [-0.2, -0.15) is 0 Å². The maximum atomic E-state index is 12.1. The average Bonchev–Trinajstić information content (AvgIpc) is 2.70. The summed E-state index contributed by atoms with van der Waals surface area (Å²) in [5, 5.41) is 17.1. The molecule has 0 aliphatic carbocycles. The van der Waals surface area contributed by atoms with Gasteiger partial charge in [0.05, 0.1) is 0 Å². The van der Waals surface area contributed by atoms with Crippen molar-refractivity contribution in [3.63, 3.8) is 0 Å². The minimum Gasteiger partial charge on any atom is -0.481 e. The van der Waals surface area contributed by atoms with Crippen LogP contribution in [0, 0.1) is 0 Å². The summed E-state index contributed by atoms with van der Waals surface area (Å²) in [7, 11) is 0. The first kappa shape index (κ1) is 21.0. The summed E-state index contributed by atoms with van der Waals surface area (Å²) in [5.41, 5.74) is 1.58. The van der Waals surface area contributed by atoms with Crippen molar-refractivity contribution in [2.75, 3.05) is 13.1 Å². The Hall–Kier alpha value is -3.35. The Morgan fingerprint density at radius 1 is 0.857 bits per heavy atom. The van der Waals surface area contributed by atoms with Crippen LogP contribution in [0.4, 0.5) is 4.79 Å². The second kappa shape index (κ2) is 11.4. The van der Waals surface area contributed by atoms with E-state index in [-0.39, 0.29) is 30.9 Å². The number of hydrogen-bond acceptors (Lipinski definition) is 3. The van der Waals surface area contributed by atoms with Crippen molar-refractivity contribution in [2.45, 2.75) is 25.3 Å². The Bertz CT molecular complexity index is 766. The fraction of sp³-hybridized carbons (Fsp3) is 0.286. The van der Waals surface area contributed by atoms with Gasteiger partial charge in [-0.1, -0.05) is 48.5 Å². The van der Waals surface area contributed by atoms with E-state index in [9.17, 15) is 14.4 Å². The van der Waals surface area contributed by atoms with Crippen LogP contribution in [0.5, 0.6) is 0 Å². The lowest BCUT2D eigenvalue weighted by Crippen LogP contribution is -2.45. The van der Waals surface area contributed by atoms with Crippen LogP contribution >= 0.6 is 0 Å². The average molecular weight is 383 g/mol. The van der Waals surface area contributed by atoms with Gasteiger partial charge in [0.2, 0.25) is 0 Å². The number of aliphatic carboxylic acids is 1. The number of urea groups is 1. The van der Waals surface area contributed by atoms with E-state index < -0.39 is 5.97 Å². The summed E-state index contributed by atoms with van der Waals surface area (Å²) in [5.74, 6) is -1.10. The molecule has 4 N–H and O–H groups in total. The summed E-state index contributed by atoms with van der Waals surface area (Å²) >= 11 is 0. The summed E-state index contributed by atoms with van der Waals surface area (Å²) in [6.07, 6.45) is 0.861. The van der Waals surface area contributed by atoms with E-state index in [0.29, 0.717) is 24.9 Å². The molecule has 1 atom stereocenters. The van der Waals surface area contributed by atoms with Crippen molar-refractivity contribution in [3.8, 4) is 0 Å². The molecule has 7 heteroatoms. The quantitative estimate of drug-likeness (QED) is 0.472.